The predicted octanol–water partition coefficient (Wildman–Crippen LogP) is 3.02. The molecule has 146 valence electrons. The van der Waals surface area contributed by atoms with Crippen molar-refractivity contribution in [3.05, 3.63) is 58.7 Å². The molecule has 5 nitrogen and oxygen atoms in total. The van der Waals surface area contributed by atoms with Crippen LogP contribution in [0.5, 0.6) is 0 Å². The highest BCUT2D eigenvalue weighted by molar-refractivity contribution is 7.98. The number of benzene rings is 1. The number of aliphatic imine (C=N–C) groups is 2. The molecule has 0 saturated heterocycles. The van der Waals surface area contributed by atoms with Crippen molar-refractivity contribution in [3.63, 3.8) is 0 Å². The van der Waals surface area contributed by atoms with Crippen LogP contribution in [0.2, 0.25) is 0 Å². The van der Waals surface area contributed by atoms with E-state index in [9.17, 15) is 8.60 Å². The maximum absolute atomic E-state index is 14.9. The average Bonchev–Trinajstić information content (AvgIpc) is 3.29. The molecule has 8 heteroatoms. The zero-order valence-electron chi connectivity index (χ0n) is 15.7. The Morgan fingerprint density at radius 3 is 2.79 bits per heavy atom. The molecule has 1 aromatic heterocycles. The van der Waals surface area contributed by atoms with Crippen LogP contribution in [-0.2, 0) is 15.2 Å². The molecule has 0 fully saturated rings. The molecule has 0 radical (unpaired) electrons. The summed E-state index contributed by atoms with van der Waals surface area (Å²) in [6.07, 6.45) is 3.99. The highest BCUT2D eigenvalue weighted by Crippen LogP contribution is 2.41. The minimum absolute atomic E-state index is 0.107. The minimum Gasteiger partial charge on any atom is -0.369 e. The van der Waals surface area contributed by atoms with Gasteiger partial charge >= 0.3 is 0 Å². The van der Waals surface area contributed by atoms with E-state index >= 15 is 0 Å². The fourth-order valence-corrected chi connectivity index (χ4v) is 6.32. The SMILES string of the molecule is C=S1(=O)C[C@@](C)(c2sc(-c3cccc(C4=NCC=C4)c3)cc2F)N=C(N)N1C. The van der Waals surface area contributed by atoms with Crippen molar-refractivity contribution in [2.45, 2.75) is 12.5 Å². The Morgan fingerprint density at radius 2 is 2.11 bits per heavy atom. The van der Waals surface area contributed by atoms with Gasteiger partial charge in [-0.15, -0.1) is 11.3 Å². The van der Waals surface area contributed by atoms with E-state index in [4.69, 9.17) is 5.73 Å². The molecule has 0 amide bonds. The maximum Gasteiger partial charge on any atom is 0.203 e. The largest absolute Gasteiger partial charge is 0.369 e. The van der Waals surface area contributed by atoms with Crippen LogP contribution in [0, 0.1) is 5.82 Å². The third-order valence-electron chi connectivity index (χ3n) is 4.95. The van der Waals surface area contributed by atoms with Crippen molar-refractivity contribution >= 4 is 38.6 Å². The topological polar surface area (TPSA) is 71.0 Å². The van der Waals surface area contributed by atoms with Crippen LogP contribution < -0.4 is 5.73 Å². The number of nitrogens with two attached hydrogens (primary N) is 1. The molecule has 0 aliphatic carbocycles. The van der Waals surface area contributed by atoms with Gasteiger partial charge in [0, 0.05) is 17.5 Å². The number of nitrogens with zero attached hydrogens (tertiary/aromatic N) is 3. The van der Waals surface area contributed by atoms with Gasteiger partial charge in [0.05, 0.1) is 32.6 Å². The van der Waals surface area contributed by atoms with E-state index < -0.39 is 15.2 Å². The van der Waals surface area contributed by atoms with Crippen molar-refractivity contribution < 1.29 is 8.60 Å². The molecule has 3 heterocycles. The lowest BCUT2D eigenvalue weighted by atomic mass is 10.0. The molecular weight excluding hydrogens is 395 g/mol. The Labute approximate surface area is 168 Å². The van der Waals surface area contributed by atoms with Crippen molar-refractivity contribution in [3.8, 4) is 10.4 Å². The first-order valence-electron chi connectivity index (χ1n) is 8.75. The summed E-state index contributed by atoms with van der Waals surface area (Å²) in [5, 5.41) is 0. The molecule has 0 bridgehead atoms. The van der Waals surface area contributed by atoms with E-state index in [1.54, 1.807) is 14.0 Å². The van der Waals surface area contributed by atoms with Crippen molar-refractivity contribution in [2.24, 2.45) is 15.7 Å². The van der Waals surface area contributed by atoms with Gasteiger partial charge in [-0.3, -0.25) is 9.30 Å². The fraction of sp³-hybridized carbons (Fsp3) is 0.250. The Bertz CT molecular complexity index is 1150. The summed E-state index contributed by atoms with van der Waals surface area (Å²) in [7, 11) is -1.07. The van der Waals surface area contributed by atoms with Crippen LogP contribution >= 0.6 is 11.3 Å². The van der Waals surface area contributed by atoms with Crippen LogP contribution in [0.1, 0.15) is 17.4 Å². The Balaban J connectivity index is 1.76. The van der Waals surface area contributed by atoms with E-state index in [-0.39, 0.29) is 17.5 Å². The van der Waals surface area contributed by atoms with Crippen molar-refractivity contribution in [2.75, 3.05) is 19.3 Å². The first-order chi connectivity index (χ1) is 13.2. The molecule has 2 aliphatic heterocycles. The molecule has 1 unspecified atom stereocenters. The number of halogens is 1. The highest BCUT2D eigenvalue weighted by Gasteiger charge is 2.40. The Hall–Kier alpha value is -2.45. The van der Waals surface area contributed by atoms with Gasteiger partial charge in [0.1, 0.15) is 11.4 Å². The molecular formula is C20H21FN4OS2. The summed E-state index contributed by atoms with van der Waals surface area (Å²) in [6.45, 7) is 2.44. The first kappa shape index (κ1) is 18.9. The molecule has 2 aromatic rings. The molecule has 2 atom stereocenters. The summed E-state index contributed by atoms with van der Waals surface area (Å²) in [5.74, 6) is 3.63. The van der Waals surface area contributed by atoms with Gasteiger partial charge in [-0.05, 0) is 36.6 Å². The summed E-state index contributed by atoms with van der Waals surface area (Å²) in [6, 6.07) is 9.38. The predicted molar refractivity (Wildman–Crippen MR) is 117 cm³/mol. The molecule has 0 saturated carbocycles. The Kier molecular flexibility index (Phi) is 4.43. The zero-order chi connectivity index (χ0) is 20.1. The quantitative estimate of drug-likeness (QED) is 0.782. The molecule has 1 aromatic carbocycles. The van der Waals surface area contributed by atoms with E-state index in [0.29, 0.717) is 11.4 Å². The number of hydrogen-bond donors (Lipinski definition) is 1. The Morgan fingerprint density at radius 1 is 1.36 bits per heavy atom. The average molecular weight is 417 g/mol. The van der Waals surface area contributed by atoms with Gasteiger partial charge in [0.15, 0.2) is 0 Å². The summed E-state index contributed by atoms with van der Waals surface area (Å²) < 4.78 is 29.1. The second-order valence-electron chi connectivity index (χ2n) is 7.16. The summed E-state index contributed by atoms with van der Waals surface area (Å²) in [4.78, 5) is 10.1. The zero-order valence-corrected chi connectivity index (χ0v) is 17.3. The van der Waals surface area contributed by atoms with Gasteiger partial charge in [0.2, 0.25) is 5.96 Å². The lowest BCUT2D eigenvalue weighted by Gasteiger charge is -2.36. The number of guanidine groups is 1. The minimum atomic E-state index is -2.66. The lowest BCUT2D eigenvalue weighted by molar-refractivity contribution is 0.493. The van der Waals surface area contributed by atoms with Crippen LogP contribution in [0.15, 0.2) is 52.5 Å². The molecule has 28 heavy (non-hydrogen) atoms. The second-order valence-corrected chi connectivity index (χ2v) is 10.6. The van der Waals surface area contributed by atoms with Crippen LogP contribution in [0.3, 0.4) is 0 Å². The molecule has 0 spiro atoms. The number of thiophene rings is 1. The fourth-order valence-electron chi connectivity index (χ4n) is 3.44. The highest BCUT2D eigenvalue weighted by atomic mass is 32.2. The number of hydrogen-bond acceptors (Lipinski definition) is 5. The van der Waals surface area contributed by atoms with Crippen molar-refractivity contribution in [1.82, 2.24) is 4.31 Å². The van der Waals surface area contributed by atoms with E-state index in [0.717, 1.165) is 21.7 Å². The third-order valence-corrected chi connectivity index (χ3v) is 8.56. The smallest absolute Gasteiger partial charge is 0.203 e. The van der Waals surface area contributed by atoms with Gasteiger partial charge < -0.3 is 5.73 Å². The van der Waals surface area contributed by atoms with Crippen LogP contribution in [0.4, 0.5) is 4.39 Å². The van der Waals surface area contributed by atoms with E-state index in [1.807, 2.05) is 36.4 Å². The number of allylic oxidation sites excluding steroid dienone is 1. The maximum atomic E-state index is 14.9. The van der Waals surface area contributed by atoms with E-state index in [2.05, 4.69) is 15.9 Å². The second kappa shape index (κ2) is 6.56. The first-order valence-corrected chi connectivity index (χ1v) is 11.4. The van der Waals surface area contributed by atoms with Crippen LogP contribution in [0.25, 0.3) is 10.4 Å². The molecule has 4 rings (SSSR count). The van der Waals surface area contributed by atoms with E-state index in [1.165, 1.54) is 21.7 Å². The molecule has 2 N–H and O–H groups in total. The molecule has 2 aliphatic rings. The van der Waals surface area contributed by atoms with Crippen LogP contribution in [-0.4, -0.2) is 45.4 Å². The number of rotatable bonds is 3. The van der Waals surface area contributed by atoms with Gasteiger partial charge in [0.25, 0.3) is 0 Å². The summed E-state index contributed by atoms with van der Waals surface area (Å²) in [5.41, 5.74) is 7.75. The lowest BCUT2D eigenvalue weighted by Crippen LogP contribution is -2.50. The van der Waals surface area contributed by atoms with Gasteiger partial charge in [-0.2, -0.15) is 0 Å². The summed E-state index contributed by atoms with van der Waals surface area (Å²) >= 11 is 1.31. The standard InChI is InChI=1S/C20H21FN4OS2/c1-20(12-28(3,26)25(2)19(22)24-20)18-15(21)11-17(27-18)14-7-4-6-13(10-14)16-8-5-9-23-16/h4-8,10-11H,3,9,12H2,1-2H3,(H2,22,24)/t20-,28?/m0/s1. The normalized spacial score (nSPS) is 27.0. The van der Waals surface area contributed by atoms with Gasteiger partial charge in [-0.1, -0.05) is 24.3 Å². The van der Waals surface area contributed by atoms with Crippen molar-refractivity contribution in [1.29, 1.82) is 0 Å². The van der Waals surface area contributed by atoms with Gasteiger partial charge in [-0.25, -0.2) is 13.6 Å². The monoisotopic (exact) mass is 416 g/mol. The third kappa shape index (κ3) is 3.16.